The van der Waals surface area contributed by atoms with Gasteiger partial charge in [0, 0.05) is 31.8 Å². The van der Waals surface area contributed by atoms with Crippen LogP contribution in [0.5, 0.6) is 0 Å². The highest BCUT2D eigenvalue weighted by Crippen LogP contribution is 2.19. The number of amides is 1. The number of hydrogen-bond donors (Lipinski definition) is 1. The molecule has 1 amide bonds. The van der Waals surface area contributed by atoms with Crippen molar-refractivity contribution in [3.63, 3.8) is 0 Å². The maximum Gasteiger partial charge on any atom is 0.222 e. The van der Waals surface area contributed by atoms with E-state index in [9.17, 15) is 4.79 Å². The number of benzene rings is 1. The molecule has 0 unspecified atom stereocenters. The average molecular weight is 354 g/mol. The number of aliphatic hydroxyl groups excluding tert-OH is 1. The number of aromatic nitrogens is 1. The van der Waals surface area contributed by atoms with Crippen molar-refractivity contribution in [1.29, 1.82) is 0 Å². The molecule has 0 aliphatic heterocycles. The van der Waals surface area contributed by atoms with Gasteiger partial charge in [-0.2, -0.15) is 0 Å². The quantitative estimate of drug-likeness (QED) is 0.636. The highest BCUT2D eigenvalue weighted by Gasteiger charge is 2.10. The molecular formula is C22H30N2O2. The van der Waals surface area contributed by atoms with E-state index in [0.717, 1.165) is 35.2 Å². The highest BCUT2D eigenvalue weighted by molar-refractivity contribution is 5.75. The van der Waals surface area contributed by atoms with E-state index in [-0.39, 0.29) is 12.5 Å². The van der Waals surface area contributed by atoms with Gasteiger partial charge in [-0.15, -0.1) is 0 Å². The van der Waals surface area contributed by atoms with E-state index in [1.165, 1.54) is 19.3 Å². The molecule has 2 rings (SSSR count). The standard InChI is InChI=1S/C22H30N2O2/c1-3-4-5-6-7-11-22(26)24(2)16-18-9-8-10-20(14-18)21-13-12-19(17-25)15-23-21/h8-10,12-15,25H,3-7,11,16-17H2,1-2H3. The number of pyridine rings is 1. The Morgan fingerprint density at radius 1 is 1.08 bits per heavy atom. The Hall–Kier alpha value is -2.20. The number of nitrogens with zero attached hydrogens (tertiary/aromatic N) is 2. The van der Waals surface area contributed by atoms with E-state index < -0.39 is 0 Å². The Labute approximate surface area is 156 Å². The van der Waals surface area contributed by atoms with Crippen molar-refractivity contribution in [3.05, 3.63) is 53.7 Å². The lowest BCUT2D eigenvalue weighted by molar-refractivity contribution is -0.130. The van der Waals surface area contributed by atoms with Crippen LogP contribution in [0.15, 0.2) is 42.6 Å². The molecule has 140 valence electrons. The molecule has 0 atom stereocenters. The molecule has 1 aromatic heterocycles. The van der Waals surface area contributed by atoms with Crippen molar-refractivity contribution in [2.75, 3.05) is 7.05 Å². The normalized spacial score (nSPS) is 10.7. The maximum atomic E-state index is 12.3. The second-order valence-corrected chi connectivity index (χ2v) is 6.82. The molecule has 1 N–H and O–H groups in total. The lowest BCUT2D eigenvalue weighted by Crippen LogP contribution is -2.25. The molecule has 4 heteroatoms. The number of hydrogen-bond acceptors (Lipinski definition) is 3. The second kappa shape index (κ2) is 10.7. The van der Waals surface area contributed by atoms with E-state index in [1.807, 2.05) is 37.4 Å². The fraction of sp³-hybridized carbons (Fsp3) is 0.455. The topological polar surface area (TPSA) is 53.4 Å². The molecular weight excluding hydrogens is 324 g/mol. The lowest BCUT2D eigenvalue weighted by Gasteiger charge is -2.18. The van der Waals surface area contributed by atoms with E-state index in [1.54, 1.807) is 11.1 Å². The molecule has 2 aromatic rings. The van der Waals surface area contributed by atoms with Crippen LogP contribution < -0.4 is 0 Å². The van der Waals surface area contributed by atoms with Crippen LogP contribution in [0.4, 0.5) is 0 Å². The van der Waals surface area contributed by atoms with Gasteiger partial charge in [0.2, 0.25) is 5.91 Å². The van der Waals surface area contributed by atoms with Gasteiger partial charge >= 0.3 is 0 Å². The van der Waals surface area contributed by atoms with Crippen LogP contribution in [0.2, 0.25) is 0 Å². The van der Waals surface area contributed by atoms with Crippen LogP contribution in [0.1, 0.15) is 56.6 Å². The van der Waals surface area contributed by atoms with Crippen molar-refractivity contribution in [1.82, 2.24) is 9.88 Å². The average Bonchev–Trinajstić information content (AvgIpc) is 2.68. The molecule has 26 heavy (non-hydrogen) atoms. The van der Waals surface area contributed by atoms with Gasteiger partial charge in [0.25, 0.3) is 0 Å². The Morgan fingerprint density at radius 2 is 1.88 bits per heavy atom. The first kappa shape index (κ1) is 20.1. The zero-order chi connectivity index (χ0) is 18.8. The largest absolute Gasteiger partial charge is 0.392 e. The third kappa shape index (κ3) is 6.26. The minimum Gasteiger partial charge on any atom is -0.392 e. The van der Waals surface area contributed by atoms with E-state index in [4.69, 9.17) is 5.11 Å². The van der Waals surface area contributed by atoms with Gasteiger partial charge < -0.3 is 10.0 Å². The van der Waals surface area contributed by atoms with Gasteiger partial charge in [-0.3, -0.25) is 9.78 Å². The van der Waals surface area contributed by atoms with Crippen LogP contribution in [0.3, 0.4) is 0 Å². The number of carbonyl (C=O) groups is 1. The number of unbranched alkanes of at least 4 members (excludes halogenated alkanes) is 4. The molecule has 4 nitrogen and oxygen atoms in total. The van der Waals surface area contributed by atoms with Gasteiger partial charge in [-0.1, -0.05) is 56.9 Å². The lowest BCUT2D eigenvalue weighted by atomic mass is 10.1. The summed E-state index contributed by atoms with van der Waals surface area (Å²) >= 11 is 0. The monoisotopic (exact) mass is 354 g/mol. The zero-order valence-corrected chi connectivity index (χ0v) is 15.9. The van der Waals surface area contributed by atoms with Gasteiger partial charge in [0.1, 0.15) is 0 Å². The molecule has 0 aliphatic rings. The third-order valence-electron chi connectivity index (χ3n) is 4.57. The van der Waals surface area contributed by atoms with Crippen molar-refractivity contribution in [3.8, 4) is 11.3 Å². The minimum atomic E-state index is -0.00132. The van der Waals surface area contributed by atoms with E-state index >= 15 is 0 Å². The van der Waals surface area contributed by atoms with Crippen LogP contribution in [-0.4, -0.2) is 27.9 Å². The summed E-state index contributed by atoms with van der Waals surface area (Å²) in [5.41, 5.74) is 3.79. The van der Waals surface area contributed by atoms with Crippen LogP contribution >= 0.6 is 0 Å². The predicted octanol–water partition coefficient (Wildman–Crippen LogP) is 4.56. The summed E-state index contributed by atoms with van der Waals surface area (Å²) < 4.78 is 0. The summed E-state index contributed by atoms with van der Waals surface area (Å²) in [6.45, 7) is 2.80. The Morgan fingerprint density at radius 3 is 2.58 bits per heavy atom. The Kier molecular flexibility index (Phi) is 8.29. The number of aliphatic hydroxyl groups is 1. The molecule has 0 fully saturated rings. The van der Waals surface area contributed by atoms with Crippen molar-refractivity contribution in [2.24, 2.45) is 0 Å². The smallest absolute Gasteiger partial charge is 0.222 e. The summed E-state index contributed by atoms with van der Waals surface area (Å²) in [7, 11) is 1.87. The number of rotatable bonds is 10. The fourth-order valence-corrected chi connectivity index (χ4v) is 2.95. The van der Waals surface area contributed by atoms with Crippen LogP contribution in [0.25, 0.3) is 11.3 Å². The van der Waals surface area contributed by atoms with Crippen LogP contribution in [-0.2, 0) is 17.9 Å². The highest BCUT2D eigenvalue weighted by atomic mass is 16.3. The third-order valence-corrected chi connectivity index (χ3v) is 4.57. The summed E-state index contributed by atoms with van der Waals surface area (Å²) in [4.78, 5) is 18.5. The summed E-state index contributed by atoms with van der Waals surface area (Å²) in [6.07, 6.45) is 8.13. The molecule has 0 aliphatic carbocycles. The maximum absolute atomic E-state index is 12.3. The van der Waals surface area contributed by atoms with Crippen molar-refractivity contribution < 1.29 is 9.90 Å². The predicted molar refractivity (Wildman–Crippen MR) is 105 cm³/mol. The van der Waals surface area contributed by atoms with Crippen molar-refractivity contribution >= 4 is 5.91 Å². The van der Waals surface area contributed by atoms with Gasteiger partial charge in [-0.05, 0) is 29.7 Å². The molecule has 0 radical (unpaired) electrons. The molecule has 1 aromatic carbocycles. The molecule has 1 heterocycles. The van der Waals surface area contributed by atoms with E-state index in [0.29, 0.717) is 13.0 Å². The minimum absolute atomic E-state index is 0.00132. The first-order chi connectivity index (χ1) is 12.6. The summed E-state index contributed by atoms with van der Waals surface area (Å²) in [5, 5.41) is 9.12. The van der Waals surface area contributed by atoms with Gasteiger partial charge in [-0.25, -0.2) is 0 Å². The Balaban J connectivity index is 1.91. The summed E-state index contributed by atoms with van der Waals surface area (Å²) in [6, 6.07) is 11.9. The summed E-state index contributed by atoms with van der Waals surface area (Å²) in [5.74, 6) is 0.206. The van der Waals surface area contributed by atoms with Gasteiger partial charge in [0.05, 0.1) is 12.3 Å². The molecule has 0 bridgehead atoms. The SMILES string of the molecule is CCCCCCCC(=O)N(C)Cc1cccc(-c2ccc(CO)cn2)c1. The molecule has 0 spiro atoms. The number of carbonyl (C=O) groups excluding carboxylic acids is 1. The first-order valence-corrected chi connectivity index (χ1v) is 9.53. The second-order valence-electron chi connectivity index (χ2n) is 6.82. The Bertz CT molecular complexity index is 683. The molecule has 0 saturated carbocycles. The van der Waals surface area contributed by atoms with Crippen molar-refractivity contribution in [2.45, 2.75) is 58.6 Å². The fourth-order valence-electron chi connectivity index (χ4n) is 2.95. The molecule has 0 saturated heterocycles. The first-order valence-electron chi connectivity index (χ1n) is 9.53. The zero-order valence-electron chi connectivity index (χ0n) is 15.9. The van der Waals surface area contributed by atoms with Gasteiger partial charge in [0.15, 0.2) is 0 Å². The van der Waals surface area contributed by atoms with Crippen LogP contribution in [0, 0.1) is 0 Å². The van der Waals surface area contributed by atoms with E-state index in [2.05, 4.69) is 18.0 Å².